The van der Waals surface area contributed by atoms with Gasteiger partial charge in [-0.2, -0.15) is 0 Å². The first-order valence-electron chi connectivity index (χ1n) is 11.0. The number of aliphatic hydroxyl groups excluding tert-OH is 1. The number of hydrogen-bond donors (Lipinski definition) is 1. The van der Waals surface area contributed by atoms with Crippen molar-refractivity contribution in [2.24, 2.45) is 0 Å². The minimum atomic E-state index is 0.132. The second-order valence-electron chi connectivity index (χ2n) is 8.22. The molecule has 0 saturated carbocycles. The van der Waals surface area contributed by atoms with Crippen LogP contribution in [-0.2, 0) is 4.79 Å². The van der Waals surface area contributed by atoms with Gasteiger partial charge in [-0.15, -0.1) is 0 Å². The van der Waals surface area contributed by atoms with Gasteiger partial charge >= 0.3 is 0 Å². The highest BCUT2D eigenvalue weighted by Crippen LogP contribution is 2.42. The van der Waals surface area contributed by atoms with Crippen LogP contribution in [0.2, 0.25) is 0 Å². The van der Waals surface area contributed by atoms with E-state index in [9.17, 15) is 9.90 Å². The van der Waals surface area contributed by atoms with E-state index in [1.165, 1.54) is 5.56 Å². The van der Waals surface area contributed by atoms with Crippen LogP contribution < -0.4 is 0 Å². The maximum absolute atomic E-state index is 12.4. The van der Waals surface area contributed by atoms with E-state index in [4.69, 9.17) is 0 Å². The van der Waals surface area contributed by atoms with Gasteiger partial charge in [0.25, 0.3) is 0 Å². The molecule has 0 spiro atoms. The maximum atomic E-state index is 12.4. The average molecular weight is 403 g/mol. The highest BCUT2D eigenvalue weighted by molar-refractivity contribution is 5.75. The number of amides is 1. The first-order valence-corrected chi connectivity index (χ1v) is 11.0. The molecule has 0 bridgehead atoms. The third-order valence-electron chi connectivity index (χ3n) is 6.45. The minimum Gasteiger partial charge on any atom is -0.395 e. The van der Waals surface area contributed by atoms with E-state index in [1.807, 2.05) is 42.2 Å². The lowest BCUT2D eigenvalue weighted by Gasteiger charge is -2.57. The van der Waals surface area contributed by atoms with Crippen LogP contribution in [0.3, 0.4) is 0 Å². The molecule has 2 saturated heterocycles. The van der Waals surface area contributed by atoms with Gasteiger partial charge < -0.3 is 10.0 Å². The molecule has 2 aromatic rings. The summed E-state index contributed by atoms with van der Waals surface area (Å²) in [6.07, 6.45) is 2.66. The van der Waals surface area contributed by atoms with Crippen molar-refractivity contribution in [2.75, 3.05) is 26.2 Å². The zero-order valence-corrected chi connectivity index (χ0v) is 17.6. The molecule has 0 unspecified atom stereocenters. The Bertz CT molecular complexity index is 914. The van der Waals surface area contributed by atoms with Crippen LogP contribution in [0.15, 0.2) is 54.6 Å². The van der Waals surface area contributed by atoms with E-state index in [0.717, 1.165) is 43.6 Å². The number of hydrogen-bond acceptors (Lipinski definition) is 3. The number of aliphatic hydroxyl groups is 1. The van der Waals surface area contributed by atoms with Crippen LogP contribution in [0.25, 0.3) is 0 Å². The van der Waals surface area contributed by atoms with Gasteiger partial charge in [0.2, 0.25) is 5.91 Å². The van der Waals surface area contributed by atoms with Crippen LogP contribution in [0.5, 0.6) is 0 Å². The summed E-state index contributed by atoms with van der Waals surface area (Å²) in [6.45, 7) is 4.69. The lowest BCUT2D eigenvalue weighted by atomic mass is 9.74. The molecule has 0 radical (unpaired) electrons. The molecule has 30 heavy (non-hydrogen) atoms. The van der Waals surface area contributed by atoms with Gasteiger partial charge in [0.05, 0.1) is 6.61 Å². The molecule has 2 fully saturated rings. The average Bonchev–Trinajstić information content (AvgIpc) is 2.77. The first-order chi connectivity index (χ1) is 14.7. The van der Waals surface area contributed by atoms with Crippen molar-refractivity contribution in [1.82, 2.24) is 9.80 Å². The van der Waals surface area contributed by atoms with Gasteiger partial charge in [-0.25, -0.2) is 0 Å². The largest absolute Gasteiger partial charge is 0.395 e. The summed E-state index contributed by atoms with van der Waals surface area (Å²) in [4.78, 5) is 16.8. The Kier molecular flexibility index (Phi) is 6.52. The number of nitrogens with zero attached hydrogens (tertiary/aromatic N) is 2. The SMILES string of the molecule is CCC(=O)N1CCCCN2[C@@H](CO)[C@@H](c3ccc(C#Cc4ccccc4)cc3)[C@@H]2C1. The summed E-state index contributed by atoms with van der Waals surface area (Å²) < 4.78 is 0. The Morgan fingerprint density at radius 2 is 1.67 bits per heavy atom. The van der Waals surface area contributed by atoms with Crippen LogP contribution in [0, 0.1) is 11.8 Å². The Balaban J connectivity index is 1.53. The summed E-state index contributed by atoms with van der Waals surface area (Å²) in [5.41, 5.74) is 3.22. The molecule has 4 rings (SSSR count). The van der Waals surface area contributed by atoms with Crippen molar-refractivity contribution >= 4 is 5.91 Å². The van der Waals surface area contributed by atoms with Crippen molar-refractivity contribution in [2.45, 2.75) is 44.2 Å². The van der Waals surface area contributed by atoms with E-state index >= 15 is 0 Å². The Labute approximate surface area is 179 Å². The normalized spacial score (nSPS) is 23.9. The molecule has 4 heteroatoms. The fraction of sp³-hybridized carbons (Fsp3) is 0.423. The summed E-state index contributed by atoms with van der Waals surface area (Å²) in [5.74, 6) is 6.91. The van der Waals surface area contributed by atoms with Crippen LogP contribution >= 0.6 is 0 Å². The first kappa shape index (κ1) is 20.7. The lowest BCUT2D eigenvalue weighted by Crippen LogP contribution is -2.67. The highest BCUT2D eigenvalue weighted by atomic mass is 16.3. The molecule has 1 N–H and O–H groups in total. The molecule has 2 aliphatic heterocycles. The van der Waals surface area contributed by atoms with Gasteiger partial charge in [0.15, 0.2) is 0 Å². The van der Waals surface area contributed by atoms with Gasteiger partial charge in [-0.3, -0.25) is 9.69 Å². The zero-order valence-electron chi connectivity index (χ0n) is 17.6. The molecule has 2 aliphatic rings. The van der Waals surface area contributed by atoms with Crippen LogP contribution in [-0.4, -0.2) is 59.1 Å². The smallest absolute Gasteiger partial charge is 0.222 e. The molecule has 3 atom stereocenters. The predicted molar refractivity (Wildman–Crippen MR) is 119 cm³/mol. The quantitative estimate of drug-likeness (QED) is 0.802. The number of rotatable bonds is 3. The van der Waals surface area contributed by atoms with Gasteiger partial charge in [-0.05, 0) is 49.2 Å². The summed E-state index contributed by atoms with van der Waals surface area (Å²) in [6, 6.07) is 18.8. The molecular weight excluding hydrogens is 372 g/mol. The third-order valence-corrected chi connectivity index (χ3v) is 6.45. The Morgan fingerprint density at radius 1 is 1.00 bits per heavy atom. The van der Waals surface area contributed by atoms with E-state index < -0.39 is 0 Å². The number of carbonyl (C=O) groups is 1. The van der Waals surface area contributed by atoms with E-state index in [0.29, 0.717) is 6.42 Å². The van der Waals surface area contributed by atoms with Crippen molar-refractivity contribution in [3.05, 3.63) is 71.3 Å². The Hall–Kier alpha value is -2.61. The van der Waals surface area contributed by atoms with Crippen molar-refractivity contribution in [3.8, 4) is 11.8 Å². The topological polar surface area (TPSA) is 43.8 Å². The number of fused-ring (bicyclic) bond motifs is 1. The van der Waals surface area contributed by atoms with E-state index in [-0.39, 0.29) is 30.5 Å². The minimum absolute atomic E-state index is 0.132. The van der Waals surface area contributed by atoms with Crippen molar-refractivity contribution in [1.29, 1.82) is 0 Å². The van der Waals surface area contributed by atoms with Gasteiger partial charge in [-0.1, -0.05) is 49.1 Å². The van der Waals surface area contributed by atoms with E-state index in [2.05, 4.69) is 41.0 Å². The van der Waals surface area contributed by atoms with E-state index in [1.54, 1.807) is 0 Å². The molecule has 2 heterocycles. The fourth-order valence-corrected chi connectivity index (χ4v) is 4.85. The second kappa shape index (κ2) is 9.47. The lowest BCUT2D eigenvalue weighted by molar-refractivity contribution is -0.136. The molecule has 0 aromatic heterocycles. The maximum Gasteiger partial charge on any atom is 0.222 e. The van der Waals surface area contributed by atoms with Gasteiger partial charge in [0.1, 0.15) is 0 Å². The highest BCUT2D eigenvalue weighted by Gasteiger charge is 2.49. The zero-order chi connectivity index (χ0) is 20.9. The molecule has 2 aromatic carbocycles. The second-order valence-corrected chi connectivity index (χ2v) is 8.22. The summed E-state index contributed by atoms with van der Waals surface area (Å²) >= 11 is 0. The summed E-state index contributed by atoms with van der Waals surface area (Å²) in [5, 5.41) is 10.1. The van der Waals surface area contributed by atoms with Crippen molar-refractivity contribution < 1.29 is 9.90 Å². The monoisotopic (exact) mass is 402 g/mol. The Morgan fingerprint density at radius 3 is 2.33 bits per heavy atom. The summed E-state index contributed by atoms with van der Waals surface area (Å²) in [7, 11) is 0. The molecule has 1 amide bonds. The molecule has 0 aliphatic carbocycles. The standard InChI is InChI=1S/C26H30N2O2/c1-2-25(30)27-16-6-7-17-28-23(18-27)26(24(28)19-29)22-14-12-21(13-15-22)11-10-20-8-4-3-5-9-20/h3-5,8-9,12-15,23-24,26,29H,2,6-7,16-19H2,1H3/t23-,24-,26-/m0/s1. The van der Waals surface area contributed by atoms with Crippen LogP contribution in [0.1, 0.15) is 48.8 Å². The predicted octanol–water partition coefficient (Wildman–Crippen LogP) is 3.25. The third kappa shape index (κ3) is 4.28. The van der Waals surface area contributed by atoms with Crippen LogP contribution in [0.4, 0.5) is 0 Å². The van der Waals surface area contributed by atoms with Crippen molar-refractivity contribution in [3.63, 3.8) is 0 Å². The fourth-order valence-electron chi connectivity index (χ4n) is 4.85. The molecule has 156 valence electrons. The van der Waals surface area contributed by atoms with Gasteiger partial charge in [0, 0.05) is 48.6 Å². The number of benzene rings is 2. The molecular formula is C26H30N2O2. The number of carbonyl (C=O) groups excluding carboxylic acids is 1. The molecule has 4 nitrogen and oxygen atoms in total.